The maximum atomic E-state index is 12.0. The Balaban J connectivity index is 2.74. The molecule has 108 valence electrons. The minimum Gasteiger partial charge on any atom is -0.378 e. The van der Waals surface area contributed by atoms with E-state index in [1.807, 2.05) is 64.0 Å². The van der Waals surface area contributed by atoms with E-state index in [9.17, 15) is 10.1 Å². The maximum absolute atomic E-state index is 12.0. The number of nitrogens with zero attached hydrogens (tertiary/aromatic N) is 2. The molecule has 0 fully saturated rings. The molecule has 0 aliphatic carbocycles. The highest BCUT2D eigenvalue weighted by Crippen LogP contribution is 2.15. The molecule has 1 rings (SSSR count). The van der Waals surface area contributed by atoms with Crippen molar-refractivity contribution < 1.29 is 4.79 Å². The lowest BCUT2D eigenvalue weighted by Gasteiger charge is -2.22. The van der Waals surface area contributed by atoms with Gasteiger partial charge in [0, 0.05) is 25.3 Å². The molecule has 0 radical (unpaired) electrons. The normalized spacial score (nSPS) is 12.4. The Kier molecular flexibility index (Phi) is 5.15. The summed E-state index contributed by atoms with van der Waals surface area (Å²) < 4.78 is 0. The van der Waals surface area contributed by atoms with E-state index in [4.69, 9.17) is 0 Å². The molecule has 1 aromatic carbocycles. The molecule has 0 bridgehead atoms. The van der Waals surface area contributed by atoms with Gasteiger partial charge in [0.2, 0.25) is 5.91 Å². The van der Waals surface area contributed by atoms with E-state index in [1.54, 1.807) is 0 Å². The van der Waals surface area contributed by atoms with Crippen molar-refractivity contribution in [2.24, 2.45) is 5.92 Å². The molecule has 0 heterocycles. The van der Waals surface area contributed by atoms with Gasteiger partial charge in [-0.3, -0.25) is 4.79 Å². The molecule has 4 heteroatoms. The number of nitrogens with one attached hydrogen (secondary N) is 1. The van der Waals surface area contributed by atoms with Crippen LogP contribution in [-0.2, 0) is 11.2 Å². The van der Waals surface area contributed by atoms with Gasteiger partial charge in [-0.2, -0.15) is 5.26 Å². The molecule has 0 spiro atoms. The van der Waals surface area contributed by atoms with Crippen LogP contribution in [0.15, 0.2) is 24.3 Å². The van der Waals surface area contributed by atoms with Crippen LogP contribution in [0.4, 0.5) is 5.69 Å². The number of rotatable bonds is 4. The van der Waals surface area contributed by atoms with Gasteiger partial charge in [0.1, 0.15) is 5.92 Å². The van der Waals surface area contributed by atoms with Crippen molar-refractivity contribution in [3.63, 3.8) is 0 Å². The van der Waals surface area contributed by atoms with Crippen molar-refractivity contribution in [1.29, 1.82) is 5.26 Å². The second-order valence-electron chi connectivity index (χ2n) is 6.19. The van der Waals surface area contributed by atoms with Gasteiger partial charge in [-0.05, 0) is 44.9 Å². The number of benzene rings is 1. The molecule has 1 amide bonds. The molecular weight excluding hydrogens is 250 g/mol. The fourth-order valence-corrected chi connectivity index (χ4v) is 1.82. The standard InChI is InChI=1S/C16H23N3O/c1-16(2,3)18-15(20)13(11-17)10-12-6-8-14(9-7-12)19(4)5/h6-9,13H,10H2,1-5H3,(H,18,20). The van der Waals surface area contributed by atoms with Crippen molar-refractivity contribution in [3.8, 4) is 6.07 Å². The monoisotopic (exact) mass is 273 g/mol. The van der Waals surface area contributed by atoms with Crippen LogP contribution in [0.2, 0.25) is 0 Å². The summed E-state index contributed by atoms with van der Waals surface area (Å²) in [6, 6.07) is 10.00. The highest BCUT2D eigenvalue weighted by atomic mass is 16.2. The van der Waals surface area contributed by atoms with Crippen molar-refractivity contribution >= 4 is 11.6 Å². The van der Waals surface area contributed by atoms with Crippen LogP contribution in [0.3, 0.4) is 0 Å². The number of hydrogen-bond acceptors (Lipinski definition) is 3. The Morgan fingerprint density at radius 2 is 1.85 bits per heavy atom. The molecule has 0 saturated heterocycles. The average Bonchev–Trinajstić information content (AvgIpc) is 2.34. The smallest absolute Gasteiger partial charge is 0.238 e. The molecule has 20 heavy (non-hydrogen) atoms. The number of amides is 1. The summed E-state index contributed by atoms with van der Waals surface area (Å²) in [5.74, 6) is -0.865. The lowest BCUT2D eigenvalue weighted by atomic mass is 9.98. The minimum atomic E-state index is -0.653. The second kappa shape index (κ2) is 6.42. The Labute approximate surface area is 121 Å². The molecule has 1 N–H and O–H groups in total. The largest absolute Gasteiger partial charge is 0.378 e. The van der Waals surface area contributed by atoms with Gasteiger partial charge in [-0.25, -0.2) is 0 Å². The molecule has 0 saturated carbocycles. The fraction of sp³-hybridized carbons (Fsp3) is 0.500. The number of hydrogen-bond donors (Lipinski definition) is 1. The van der Waals surface area contributed by atoms with Crippen molar-refractivity contribution in [2.45, 2.75) is 32.7 Å². The summed E-state index contributed by atoms with van der Waals surface area (Å²) in [6.45, 7) is 5.72. The van der Waals surface area contributed by atoms with Crippen molar-refractivity contribution in [3.05, 3.63) is 29.8 Å². The zero-order valence-electron chi connectivity index (χ0n) is 12.9. The van der Waals surface area contributed by atoms with Crippen LogP contribution < -0.4 is 10.2 Å². The van der Waals surface area contributed by atoms with Crippen LogP contribution in [0.1, 0.15) is 26.3 Å². The second-order valence-corrected chi connectivity index (χ2v) is 6.19. The van der Waals surface area contributed by atoms with Gasteiger partial charge in [0.05, 0.1) is 6.07 Å². The predicted molar refractivity (Wildman–Crippen MR) is 81.5 cm³/mol. The van der Waals surface area contributed by atoms with Crippen molar-refractivity contribution in [2.75, 3.05) is 19.0 Å². The number of nitriles is 1. The molecule has 4 nitrogen and oxygen atoms in total. The highest BCUT2D eigenvalue weighted by molar-refractivity contribution is 5.82. The number of anilines is 1. The minimum absolute atomic E-state index is 0.211. The van der Waals surface area contributed by atoms with E-state index < -0.39 is 5.92 Å². The van der Waals surface area contributed by atoms with Crippen LogP contribution in [-0.4, -0.2) is 25.5 Å². The van der Waals surface area contributed by atoms with Crippen LogP contribution in [0, 0.1) is 17.2 Å². The van der Waals surface area contributed by atoms with Gasteiger partial charge >= 0.3 is 0 Å². The van der Waals surface area contributed by atoms with Gasteiger partial charge in [-0.1, -0.05) is 12.1 Å². The Hall–Kier alpha value is -2.02. The van der Waals surface area contributed by atoms with E-state index in [0.29, 0.717) is 6.42 Å². The molecule has 1 aromatic rings. The molecule has 1 atom stereocenters. The SMILES string of the molecule is CN(C)c1ccc(CC(C#N)C(=O)NC(C)(C)C)cc1. The first-order valence-electron chi connectivity index (χ1n) is 6.71. The zero-order valence-corrected chi connectivity index (χ0v) is 12.9. The van der Waals surface area contributed by atoms with Crippen LogP contribution in [0.25, 0.3) is 0 Å². The number of carbonyl (C=O) groups excluding carboxylic acids is 1. The highest BCUT2D eigenvalue weighted by Gasteiger charge is 2.22. The quantitative estimate of drug-likeness (QED) is 0.916. The summed E-state index contributed by atoms with van der Waals surface area (Å²) in [5, 5.41) is 12.0. The summed E-state index contributed by atoms with van der Waals surface area (Å²) >= 11 is 0. The van der Waals surface area contributed by atoms with E-state index in [0.717, 1.165) is 11.3 Å². The Morgan fingerprint density at radius 3 is 2.25 bits per heavy atom. The number of carbonyl (C=O) groups is 1. The van der Waals surface area contributed by atoms with Crippen LogP contribution in [0.5, 0.6) is 0 Å². The van der Waals surface area contributed by atoms with E-state index in [2.05, 4.69) is 11.4 Å². The van der Waals surface area contributed by atoms with E-state index in [1.165, 1.54) is 0 Å². The Morgan fingerprint density at radius 1 is 1.30 bits per heavy atom. The Bertz CT molecular complexity index is 492. The van der Waals surface area contributed by atoms with Crippen molar-refractivity contribution in [1.82, 2.24) is 5.32 Å². The summed E-state index contributed by atoms with van der Waals surface area (Å²) in [6.07, 6.45) is 0.437. The predicted octanol–water partition coefficient (Wildman–Crippen LogP) is 2.35. The molecule has 0 aliphatic rings. The van der Waals surface area contributed by atoms with E-state index >= 15 is 0 Å². The van der Waals surface area contributed by atoms with Crippen LogP contribution >= 0.6 is 0 Å². The maximum Gasteiger partial charge on any atom is 0.238 e. The van der Waals surface area contributed by atoms with Gasteiger partial charge in [0.15, 0.2) is 0 Å². The summed E-state index contributed by atoms with van der Waals surface area (Å²) in [4.78, 5) is 14.0. The van der Waals surface area contributed by atoms with E-state index in [-0.39, 0.29) is 11.4 Å². The molecule has 1 unspecified atom stereocenters. The average molecular weight is 273 g/mol. The van der Waals surface area contributed by atoms with Gasteiger partial charge in [-0.15, -0.1) is 0 Å². The lowest BCUT2D eigenvalue weighted by molar-refractivity contribution is -0.124. The lowest BCUT2D eigenvalue weighted by Crippen LogP contribution is -2.44. The fourth-order valence-electron chi connectivity index (χ4n) is 1.82. The third kappa shape index (κ3) is 4.93. The first kappa shape index (κ1) is 16.0. The summed E-state index contributed by atoms with van der Waals surface area (Å²) in [5.41, 5.74) is 1.77. The third-order valence-electron chi connectivity index (χ3n) is 2.86. The first-order chi connectivity index (χ1) is 9.23. The first-order valence-corrected chi connectivity index (χ1v) is 6.71. The molecule has 0 aliphatic heterocycles. The van der Waals surface area contributed by atoms with Gasteiger partial charge in [0.25, 0.3) is 0 Å². The zero-order chi connectivity index (χ0) is 15.3. The van der Waals surface area contributed by atoms with Gasteiger partial charge < -0.3 is 10.2 Å². The molecular formula is C16H23N3O. The third-order valence-corrected chi connectivity index (χ3v) is 2.86. The summed E-state index contributed by atoms with van der Waals surface area (Å²) in [7, 11) is 3.95. The topological polar surface area (TPSA) is 56.1 Å². The molecule has 0 aromatic heterocycles.